The van der Waals surface area contributed by atoms with Crippen LogP contribution in [0.2, 0.25) is 0 Å². The van der Waals surface area contributed by atoms with Crippen molar-refractivity contribution in [2.45, 2.75) is 63.6 Å². The van der Waals surface area contributed by atoms with Crippen LogP contribution in [0.5, 0.6) is 0 Å². The third kappa shape index (κ3) is 3.17. The van der Waals surface area contributed by atoms with Crippen LogP contribution in [-0.4, -0.2) is 29.2 Å². The molecule has 2 N–H and O–H groups in total. The second kappa shape index (κ2) is 4.53. The molecule has 1 fully saturated rings. The highest BCUT2D eigenvalue weighted by Crippen LogP contribution is 2.22. The van der Waals surface area contributed by atoms with Gasteiger partial charge in [0.25, 0.3) is 5.92 Å². The Morgan fingerprint density at radius 2 is 1.93 bits per heavy atom. The third-order valence-electron chi connectivity index (χ3n) is 2.95. The number of alkyl halides is 2. The average Bonchev–Trinajstić information content (AvgIpc) is 2.07. The van der Waals surface area contributed by atoms with Gasteiger partial charge < -0.3 is 10.4 Å². The molecule has 3 unspecified atom stereocenters. The molecule has 3 atom stereocenters. The van der Waals surface area contributed by atoms with Crippen LogP contribution in [0.15, 0.2) is 0 Å². The number of aliphatic hydroxyl groups is 1. The number of hydrogen-bond donors (Lipinski definition) is 2. The Kier molecular flexibility index (Phi) is 3.84. The predicted molar refractivity (Wildman–Crippen MR) is 51.5 cm³/mol. The van der Waals surface area contributed by atoms with Crippen molar-refractivity contribution >= 4 is 0 Å². The van der Waals surface area contributed by atoms with E-state index in [2.05, 4.69) is 5.32 Å². The lowest BCUT2D eigenvalue weighted by molar-refractivity contribution is -0.0263. The molecule has 0 aliphatic heterocycles. The van der Waals surface area contributed by atoms with Crippen LogP contribution < -0.4 is 5.32 Å². The van der Waals surface area contributed by atoms with Gasteiger partial charge in [-0.3, -0.25) is 0 Å². The van der Waals surface area contributed by atoms with Crippen LogP contribution in [0.3, 0.4) is 0 Å². The zero-order valence-electron chi connectivity index (χ0n) is 8.76. The van der Waals surface area contributed by atoms with Crippen LogP contribution in [0.4, 0.5) is 8.78 Å². The second-order valence-corrected chi connectivity index (χ2v) is 4.30. The summed E-state index contributed by atoms with van der Waals surface area (Å²) in [4.78, 5) is 0. The van der Waals surface area contributed by atoms with Gasteiger partial charge in [0.15, 0.2) is 0 Å². The molecule has 1 aliphatic carbocycles. The molecule has 0 aromatic rings. The first-order valence-corrected chi connectivity index (χ1v) is 5.23. The number of nitrogens with one attached hydrogen (secondary N) is 1. The van der Waals surface area contributed by atoms with E-state index in [9.17, 15) is 13.9 Å². The third-order valence-corrected chi connectivity index (χ3v) is 2.95. The first kappa shape index (κ1) is 11.9. The molecule has 0 aromatic heterocycles. The highest BCUT2D eigenvalue weighted by molar-refractivity contribution is 4.85. The molecule has 0 heterocycles. The maximum absolute atomic E-state index is 12.9. The molecule has 1 rings (SSSR count). The molecule has 0 spiro atoms. The Morgan fingerprint density at radius 3 is 2.43 bits per heavy atom. The lowest BCUT2D eigenvalue weighted by Gasteiger charge is -2.32. The van der Waals surface area contributed by atoms with Crippen LogP contribution in [0.1, 0.15) is 39.5 Å². The van der Waals surface area contributed by atoms with E-state index in [4.69, 9.17) is 0 Å². The second-order valence-electron chi connectivity index (χ2n) is 4.30. The first-order chi connectivity index (χ1) is 6.41. The highest BCUT2D eigenvalue weighted by atomic mass is 19.3. The van der Waals surface area contributed by atoms with Crippen molar-refractivity contribution in [3.8, 4) is 0 Å². The number of hydrogen-bond acceptors (Lipinski definition) is 2. The van der Waals surface area contributed by atoms with Crippen molar-refractivity contribution in [1.29, 1.82) is 0 Å². The normalized spacial score (nSPS) is 31.5. The zero-order chi connectivity index (χ0) is 10.8. The van der Waals surface area contributed by atoms with Gasteiger partial charge in [0, 0.05) is 13.0 Å². The van der Waals surface area contributed by atoms with Gasteiger partial charge >= 0.3 is 0 Å². The topological polar surface area (TPSA) is 32.3 Å². The quantitative estimate of drug-likeness (QED) is 0.741. The van der Waals surface area contributed by atoms with Crippen molar-refractivity contribution < 1.29 is 13.9 Å². The van der Waals surface area contributed by atoms with Crippen LogP contribution in [0, 0.1) is 0 Å². The summed E-state index contributed by atoms with van der Waals surface area (Å²) < 4.78 is 25.7. The maximum Gasteiger partial charge on any atom is 0.260 e. The van der Waals surface area contributed by atoms with Gasteiger partial charge in [-0.25, -0.2) is 8.78 Å². The minimum atomic E-state index is -2.73. The van der Waals surface area contributed by atoms with Crippen molar-refractivity contribution in [2.24, 2.45) is 0 Å². The summed E-state index contributed by atoms with van der Waals surface area (Å²) in [6.45, 7) is 2.36. The lowest BCUT2D eigenvalue weighted by Crippen LogP contribution is -2.51. The molecule has 1 aliphatic rings. The van der Waals surface area contributed by atoms with E-state index < -0.39 is 18.1 Å². The molecule has 1 saturated carbocycles. The van der Waals surface area contributed by atoms with Gasteiger partial charge in [-0.05, 0) is 19.8 Å². The Balaban J connectivity index is 2.42. The average molecular weight is 207 g/mol. The highest BCUT2D eigenvalue weighted by Gasteiger charge is 2.34. The number of aliphatic hydroxyl groups excluding tert-OH is 1. The van der Waals surface area contributed by atoms with Crippen LogP contribution in [-0.2, 0) is 0 Å². The number of halogens is 2. The largest absolute Gasteiger partial charge is 0.392 e. The fourth-order valence-corrected chi connectivity index (χ4v) is 1.77. The summed E-state index contributed by atoms with van der Waals surface area (Å²) in [5.41, 5.74) is 0. The van der Waals surface area contributed by atoms with E-state index in [-0.39, 0.29) is 6.04 Å². The first-order valence-electron chi connectivity index (χ1n) is 5.23. The maximum atomic E-state index is 12.9. The molecule has 0 aromatic carbocycles. The summed E-state index contributed by atoms with van der Waals surface area (Å²) in [7, 11) is 0. The molecular formula is C10H19F2NO. The smallest absolute Gasteiger partial charge is 0.260 e. The predicted octanol–water partition coefficient (Wildman–Crippen LogP) is 1.92. The Hall–Kier alpha value is -0.220. The van der Waals surface area contributed by atoms with E-state index in [1.165, 1.54) is 6.92 Å². The van der Waals surface area contributed by atoms with E-state index in [0.29, 0.717) is 0 Å². The van der Waals surface area contributed by atoms with E-state index >= 15 is 0 Å². The lowest BCUT2D eigenvalue weighted by atomic mass is 9.92. The van der Waals surface area contributed by atoms with Crippen molar-refractivity contribution in [3.63, 3.8) is 0 Å². The Labute approximate surface area is 83.7 Å². The van der Waals surface area contributed by atoms with Gasteiger partial charge in [-0.15, -0.1) is 0 Å². The molecule has 84 valence electrons. The Bertz CT molecular complexity index is 181. The summed E-state index contributed by atoms with van der Waals surface area (Å²) in [6.07, 6.45) is 3.06. The zero-order valence-corrected chi connectivity index (χ0v) is 8.76. The molecule has 2 nitrogen and oxygen atoms in total. The van der Waals surface area contributed by atoms with Crippen LogP contribution in [0.25, 0.3) is 0 Å². The van der Waals surface area contributed by atoms with E-state index in [1.807, 2.05) is 0 Å². The van der Waals surface area contributed by atoms with Crippen molar-refractivity contribution in [3.05, 3.63) is 0 Å². The summed E-state index contributed by atoms with van der Waals surface area (Å²) >= 11 is 0. The monoisotopic (exact) mass is 207 g/mol. The van der Waals surface area contributed by atoms with Gasteiger partial charge in [-0.1, -0.05) is 12.8 Å². The summed E-state index contributed by atoms with van der Waals surface area (Å²) in [5.74, 6) is -2.73. The van der Waals surface area contributed by atoms with Gasteiger partial charge in [0.2, 0.25) is 0 Å². The molecular weight excluding hydrogens is 188 g/mol. The summed E-state index contributed by atoms with van der Waals surface area (Å²) in [6, 6.07) is -1.04. The molecule has 0 bridgehead atoms. The van der Waals surface area contributed by atoms with Crippen LogP contribution >= 0.6 is 0 Å². The summed E-state index contributed by atoms with van der Waals surface area (Å²) in [5, 5.41) is 12.4. The minimum Gasteiger partial charge on any atom is -0.392 e. The van der Waals surface area contributed by atoms with Crippen molar-refractivity contribution in [2.75, 3.05) is 0 Å². The standard InChI is InChI=1S/C10H19F2NO/c1-7(10(2,11)12)13-8-5-3-4-6-9(8)14/h7-9,13-14H,3-6H2,1-2H3. The molecule has 0 saturated heterocycles. The van der Waals surface area contributed by atoms with E-state index in [0.717, 1.165) is 32.6 Å². The molecule has 0 radical (unpaired) electrons. The van der Waals surface area contributed by atoms with Gasteiger partial charge in [-0.2, -0.15) is 0 Å². The van der Waals surface area contributed by atoms with Gasteiger partial charge in [0.05, 0.1) is 12.1 Å². The molecule has 14 heavy (non-hydrogen) atoms. The fraction of sp³-hybridized carbons (Fsp3) is 1.00. The van der Waals surface area contributed by atoms with E-state index in [1.54, 1.807) is 0 Å². The van der Waals surface area contributed by atoms with Gasteiger partial charge in [0.1, 0.15) is 0 Å². The molecule has 0 amide bonds. The van der Waals surface area contributed by atoms with Crippen molar-refractivity contribution in [1.82, 2.24) is 5.32 Å². The SMILES string of the molecule is CC(NC1CCCCC1O)C(C)(F)F. The fourth-order valence-electron chi connectivity index (χ4n) is 1.77. The number of rotatable bonds is 3. The Morgan fingerprint density at radius 1 is 1.36 bits per heavy atom. The molecule has 4 heteroatoms. The minimum absolute atomic E-state index is 0.162.